The second-order valence-electron chi connectivity index (χ2n) is 7.72. The van der Waals surface area contributed by atoms with Crippen LogP contribution in [0.15, 0.2) is 48.5 Å². The van der Waals surface area contributed by atoms with E-state index in [0.717, 1.165) is 4.90 Å². The van der Waals surface area contributed by atoms with Gasteiger partial charge in [-0.05, 0) is 48.9 Å². The smallest absolute Gasteiger partial charge is 0.410 e. The van der Waals surface area contributed by atoms with Crippen LogP contribution in [0.5, 0.6) is 5.75 Å². The molecule has 2 aromatic carbocycles. The van der Waals surface area contributed by atoms with Crippen LogP contribution in [0.25, 0.3) is 0 Å². The Labute approximate surface area is 200 Å². The van der Waals surface area contributed by atoms with Crippen molar-refractivity contribution in [2.75, 3.05) is 11.9 Å². The maximum Gasteiger partial charge on any atom is 0.410 e. The number of benzene rings is 2. The zero-order chi connectivity index (χ0) is 25.5. The quantitative estimate of drug-likeness (QED) is 0.196. The fourth-order valence-corrected chi connectivity index (χ4v) is 3.30. The molecule has 1 heterocycles. The number of rotatable bonds is 7. The first-order chi connectivity index (χ1) is 16.6. The van der Waals surface area contributed by atoms with Gasteiger partial charge in [-0.3, -0.25) is 15.1 Å². The molecule has 0 saturated carbocycles. The van der Waals surface area contributed by atoms with Gasteiger partial charge < -0.3 is 30.4 Å². The van der Waals surface area contributed by atoms with Gasteiger partial charge in [0.25, 0.3) is 0 Å². The number of morpholine rings is 1. The lowest BCUT2D eigenvalue weighted by molar-refractivity contribution is -0.166. The SMILES string of the molecule is CC1CN(C(=O)OCc2ccc(OC(=O)c3ccc(NC(=N)N)cc3)cc2)C(CC(=O)O)C(=O)O1. The first kappa shape index (κ1) is 25.0. The van der Waals surface area contributed by atoms with E-state index in [2.05, 4.69) is 5.32 Å². The Bertz CT molecular complexity index is 1120. The van der Waals surface area contributed by atoms with E-state index in [9.17, 15) is 19.2 Å². The van der Waals surface area contributed by atoms with E-state index >= 15 is 0 Å². The van der Waals surface area contributed by atoms with E-state index in [-0.39, 0.29) is 24.9 Å². The summed E-state index contributed by atoms with van der Waals surface area (Å²) in [6.07, 6.45) is -2.01. The van der Waals surface area contributed by atoms with Crippen LogP contribution in [0.4, 0.5) is 10.5 Å². The molecule has 0 aromatic heterocycles. The Morgan fingerprint density at radius 3 is 2.43 bits per heavy atom. The molecule has 0 radical (unpaired) electrons. The summed E-state index contributed by atoms with van der Waals surface area (Å²) in [4.78, 5) is 49.0. The molecule has 12 heteroatoms. The maximum atomic E-state index is 12.5. The molecule has 1 aliphatic rings. The first-order valence-electron chi connectivity index (χ1n) is 10.5. The van der Waals surface area contributed by atoms with Crippen molar-refractivity contribution < 1.29 is 38.5 Å². The highest BCUT2D eigenvalue weighted by molar-refractivity contribution is 5.93. The van der Waals surface area contributed by atoms with Crippen LogP contribution >= 0.6 is 0 Å². The summed E-state index contributed by atoms with van der Waals surface area (Å²) < 4.78 is 15.6. The van der Waals surface area contributed by atoms with E-state index in [1.807, 2.05) is 0 Å². The van der Waals surface area contributed by atoms with Crippen molar-refractivity contribution in [1.29, 1.82) is 5.41 Å². The fraction of sp³-hybridized carbons (Fsp3) is 0.261. The van der Waals surface area contributed by atoms with Crippen molar-refractivity contribution in [3.63, 3.8) is 0 Å². The number of aliphatic carboxylic acids is 1. The van der Waals surface area contributed by atoms with Crippen molar-refractivity contribution >= 4 is 35.6 Å². The topological polar surface area (TPSA) is 181 Å². The number of anilines is 1. The van der Waals surface area contributed by atoms with Gasteiger partial charge in [0.05, 0.1) is 18.5 Å². The van der Waals surface area contributed by atoms with Gasteiger partial charge in [0.15, 0.2) is 5.96 Å². The molecule has 0 aliphatic carbocycles. The average molecular weight is 484 g/mol. The number of carboxylic acid groups (broad SMARTS) is 1. The number of carbonyl (C=O) groups excluding carboxylic acids is 3. The number of cyclic esters (lactones) is 1. The number of nitrogens with two attached hydrogens (primary N) is 1. The molecule has 1 saturated heterocycles. The molecule has 1 fully saturated rings. The lowest BCUT2D eigenvalue weighted by Gasteiger charge is -2.35. The molecule has 1 amide bonds. The molecule has 184 valence electrons. The molecule has 0 bridgehead atoms. The number of hydrogen-bond acceptors (Lipinski definition) is 8. The number of hydrogen-bond donors (Lipinski definition) is 4. The minimum absolute atomic E-state index is 0.0171. The Balaban J connectivity index is 1.55. The maximum absolute atomic E-state index is 12.5. The number of guanidine groups is 1. The molecular weight excluding hydrogens is 460 g/mol. The lowest BCUT2D eigenvalue weighted by atomic mass is 10.1. The van der Waals surface area contributed by atoms with Crippen LogP contribution < -0.4 is 15.8 Å². The van der Waals surface area contributed by atoms with Crippen molar-refractivity contribution in [3.05, 3.63) is 59.7 Å². The average Bonchev–Trinajstić information content (AvgIpc) is 2.80. The second-order valence-corrected chi connectivity index (χ2v) is 7.72. The number of nitrogens with zero attached hydrogens (tertiary/aromatic N) is 1. The molecular formula is C23H24N4O8. The molecule has 0 spiro atoms. The summed E-state index contributed by atoms with van der Waals surface area (Å²) in [6.45, 7) is 1.47. The highest BCUT2D eigenvalue weighted by Crippen LogP contribution is 2.20. The van der Waals surface area contributed by atoms with E-state index in [4.69, 9.17) is 30.5 Å². The van der Waals surface area contributed by atoms with Crippen molar-refractivity contribution in [3.8, 4) is 5.75 Å². The molecule has 2 unspecified atom stereocenters. The Morgan fingerprint density at radius 2 is 1.83 bits per heavy atom. The summed E-state index contributed by atoms with van der Waals surface area (Å²) in [5, 5.41) is 18.8. The fourth-order valence-electron chi connectivity index (χ4n) is 3.30. The number of esters is 2. The summed E-state index contributed by atoms with van der Waals surface area (Å²) in [6, 6.07) is 11.2. The van der Waals surface area contributed by atoms with Crippen LogP contribution in [-0.2, 0) is 25.7 Å². The lowest BCUT2D eigenvalue weighted by Crippen LogP contribution is -2.55. The number of carbonyl (C=O) groups is 4. The monoisotopic (exact) mass is 484 g/mol. The third-order valence-corrected chi connectivity index (χ3v) is 4.92. The minimum atomic E-state index is -1.26. The van der Waals surface area contributed by atoms with Crippen molar-refractivity contribution in [2.45, 2.75) is 32.1 Å². The predicted octanol–water partition coefficient (Wildman–Crippen LogP) is 1.94. The van der Waals surface area contributed by atoms with Gasteiger partial charge in [-0.1, -0.05) is 12.1 Å². The number of carboxylic acids is 1. The largest absolute Gasteiger partial charge is 0.481 e. The van der Waals surface area contributed by atoms with Crippen LogP contribution in [0.2, 0.25) is 0 Å². The number of nitrogens with one attached hydrogen (secondary N) is 2. The normalized spacial score (nSPS) is 17.2. The minimum Gasteiger partial charge on any atom is -0.481 e. The van der Waals surface area contributed by atoms with Crippen LogP contribution in [-0.4, -0.2) is 58.7 Å². The van der Waals surface area contributed by atoms with Gasteiger partial charge in [0.1, 0.15) is 24.5 Å². The number of amides is 1. The Hall–Kier alpha value is -4.61. The van der Waals surface area contributed by atoms with Gasteiger partial charge in [0.2, 0.25) is 0 Å². The zero-order valence-corrected chi connectivity index (χ0v) is 18.7. The standard InChI is InChI=1S/C23H24N4O8/c1-13-11-27(18(10-19(28)29)21(31)34-13)23(32)33-12-14-2-8-17(9-3-14)35-20(30)15-4-6-16(7-5-15)26-22(24)25/h2-9,13,18H,10-12H2,1H3,(H,28,29)(H4,24,25,26). The van der Waals surface area contributed by atoms with Gasteiger partial charge in [-0.2, -0.15) is 0 Å². The predicted molar refractivity (Wildman–Crippen MR) is 122 cm³/mol. The second kappa shape index (κ2) is 11.0. The third-order valence-electron chi connectivity index (χ3n) is 4.92. The van der Waals surface area contributed by atoms with E-state index in [0.29, 0.717) is 16.8 Å². The van der Waals surface area contributed by atoms with Crippen LogP contribution in [0, 0.1) is 5.41 Å². The van der Waals surface area contributed by atoms with E-state index in [1.54, 1.807) is 31.2 Å². The van der Waals surface area contributed by atoms with Gasteiger partial charge in [0, 0.05) is 5.69 Å². The number of ether oxygens (including phenoxy) is 3. The summed E-state index contributed by atoms with van der Waals surface area (Å²) >= 11 is 0. The van der Waals surface area contributed by atoms with Gasteiger partial charge in [-0.25, -0.2) is 14.4 Å². The summed E-state index contributed by atoms with van der Waals surface area (Å²) in [5.74, 6) is -2.58. The molecule has 2 atom stereocenters. The summed E-state index contributed by atoms with van der Waals surface area (Å²) in [5.41, 5.74) is 6.69. The zero-order valence-electron chi connectivity index (χ0n) is 18.7. The third kappa shape index (κ3) is 6.93. The molecule has 5 N–H and O–H groups in total. The Morgan fingerprint density at radius 1 is 1.17 bits per heavy atom. The van der Waals surface area contributed by atoms with Crippen molar-refractivity contribution in [2.24, 2.45) is 5.73 Å². The van der Waals surface area contributed by atoms with Crippen LogP contribution in [0.1, 0.15) is 29.3 Å². The van der Waals surface area contributed by atoms with E-state index in [1.165, 1.54) is 24.3 Å². The van der Waals surface area contributed by atoms with E-state index < -0.39 is 42.6 Å². The highest BCUT2D eigenvalue weighted by Gasteiger charge is 2.40. The summed E-state index contributed by atoms with van der Waals surface area (Å²) in [7, 11) is 0. The molecule has 35 heavy (non-hydrogen) atoms. The van der Waals surface area contributed by atoms with Gasteiger partial charge in [-0.15, -0.1) is 0 Å². The van der Waals surface area contributed by atoms with Crippen molar-refractivity contribution in [1.82, 2.24) is 4.90 Å². The molecule has 12 nitrogen and oxygen atoms in total. The molecule has 3 rings (SSSR count). The first-order valence-corrected chi connectivity index (χ1v) is 10.5. The highest BCUT2D eigenvalue weighted by atomic mass is 16.6. The molecule has 2 aromatic rings. The Kier molecular flexibility index (Phi) is 7.87. The van der Waals surface area contributed by atoms with Crippen LogP contribution in [0.3, 0.4) is 0 Å². The molecule has 1 aliphatic heterocycles. The van der Waals surface area contributed by atoms with Gasteiger partial charge >= 0.3 is 24.0 Å².